The number of benzene rings is 1. The minimum Gasteiger partial charge on any atom is -0.383 e. The summed E-state index contributed by atoms with van der Waals surface area (Å²) in [5, 5.41) is 22.6. The average Bonchev–Trinajstić information content (AvgIpc) is 3.36. The fourth-order valence-corrected chi connectivity index (χ4v) is 5.97. The Balaban J connectivity index is 1.47. The van der Waals surface area contributed by atoms with Crippen LogP contribution in [0.3, 0.4) is 0 Å². The quantitative estimate of drug-likeness (QED) is 0.494. The molecule has 0 unspecified atom stereocenters. The molecular weight excluding hydrogens is 442 g/mol. The van der Waals surface area contributed by atoms with Crippen molar-refractivity contribution in [3.63, 3.8) is 0 Å². The fourth-order valence-electron chi connectivity index (χ4n) is 3.83. The van der Waals surface area contributed by atoms with Gasteiger partial charge in [-0.1, -0.05) is 49.0 Å². The molecule has 2 heterocycles. The predicted octanol–water partition coefficient (Wildman–Crippen LogP) is 4.38. The molecule has 0 fully saturated rings. The molecule has 7 nitrogen and oxygen atoms in total. The first-order valence-electron chi connectivity index (χ1n) is 10.6. The monoisotopic (exact) mass is 467 g/mol. The molecule has 1 aliphatic rings. The highest BCUT2D eigenvalue weighted by molar-refractivity contribution is 7.99. The molecule has 0 bridgehead atoms. The highest BCUT2D eigenvalue weighted by Gasteiger charge is 2.25. The van der Waals surface area contributed by atoms with E-state index >= 15 is 0 Å². The molecular formula is C23H25N5O2S2. The molecule has 1 amide bonds. The third-order valence-electron chi connectivity index (χ3n) is 5.48. The van der Waals surface area contributed by atoms with E-state index in [9.17, 15) is 10.1 Å². The number of thiophene rings is 1. The summed E-state index contributed by atoms with van der Waals surface area (Å²) >= 11 is 2.88. The minimum absolute atomic E-state index is 0.152. The SMILES string of the molecule is COCCn1c(SCC(=O)Nc2sc3c(c2C#N)CC[C@H](C)C3)nnc1-c1ccccc1. The van der Waals surface area contributed by atoms with Gasteiger partial charge in [-0.15, -0.1) is 21.5 Å². The molecule has 1 aromatic carbocycles. The van der Waals surface area contributed by atoms with Gasteiger partial charge in [-0.3, -0.25) is 9.36 Å². The molecule has 0 saturated heterocycles. The minimum atomic E-state index is -0.152. The third kappa shape index (κ3) is 4.88. The van der Waals surface area contributed by atoms with Crippen LogP contribution in [-0.2, 0) is 28.9 Å². The van der Waals surface area contributed by atoms with Crippen LogP contribution in [0.1, 0.15) is 29.3 Å². The van der Waals surface area contributed by atoms with Gasteiger partial charge in [0.1, 0.15) is 11.1 Å². The molecule has 1 atom stereocenters. The summed E-state index contributed by atoms with van der Waals surface area (Å²) < 4.78 is 7.22. The summed E-state index contributed by atoms with van der Waals surface area (Å²) in [5.41, 5.74) is 2.71. The summed E-state index contributed by atoms with van der Waals surface area (Å²) in [4.78, 5) is 13.9. The smallest absolute Gasteiger partial charge is 0.235 e. The molecule has 0 saturated carbocycles. The van der Waals surface area contributed by atoms with Crippen LogP contribution in [-0.4, -0.2) is 40.1 Å². The van der Waals surface area contributed by atoms with Crippen LogP contribution >= 0.6 is 23.1 Å². The van der Waals surface area contributed by atoms with Crippen LogP contribution in [0.4, 0.5) is 5.00 Å². The van der Waals surface area contributed by atoms with E-state index in [0.29, 0.717) is 34.8 Å². The number of rotatable bonds is 8. The predicted molar refractivity (Wildman–Crippen MR) is 127 cm³/mol. The number of thioether (sulfide) groups is 1. The molecule has 1 N–H and O–H groups in total. The number of hydrogen-bond donors (Lipinski definition) is 1. The second-order valence-corrected chi connectivity index (χ2v) is 9.87. The first-order chi connectivity index (χ1) is 15.6. The third-order valence-corrected chi connectivity index (χ3v) is 7.61. The number of nitrogens with zero attached hydrogens (tertiary/aromatic N) is 4. The van der Waals surface area contributed by atoms with Crippen molar-refractivity contribution in [2.45, 2.75) is 37.9 Å². The molecule has 0 radical (unpaired) electrons. The molecule has 32 heavy (non-hydrogen) atoms. The van der Waals surface area contributed by atoms with Gasteiger partial charge in [0.2, 0.25) is 5.91 Å². The summed E-state index contributed by atoms with van der Waals surface area (Å²) in [5.74, 6) is 1.39. The van der Waals surface area contributed by atoms with E-state index in [4.69, 9.17) is 4.74 Å². The van der Waals surface area contributed by atoms with E-state index < -0.39 is 0 Å². The van der Waals surface area contributed by atoms with E-state index in [2.05, 4.69) is 28.5 Å². The van der Waals surface area contributed by atoms with Crippen LogP contribution in [0, 0.1) is 17.2 Å². The van der Waals surface area contributed by atoms with E-state index in [1.165, 1.54) is 16.6 Å². The van der Waals surface area contributed by atoms with Gasteiger partial charge in [0.25, 0.3) is 0 Å². The molecule has 9 heteroatoms. The number of methoxy groups -OCH3 is 1. The number of nitriles is 1. The maximum absolute atomic E-state index is 12.7. The lowest BCUT2D eigenvalue weighted by Crippen LogP contribution is -2.15. The Kier molecular flexibility index (Phi) is 7.25. The first kappa shape index (κ1) is 22.5. The van der Waals surface area contributed by atoms with Crippen molar-refractivity contribution < 1.29 is 9.53 Å². The molecule has 4 rings (SSSR count). The Hall–Kier alpha value is -2.67. The largest absolute Gasteiger partial charge is 0.383 e. The number of ether oxygens (including phenoxy) is 1. The molecule has 166 valence electrons. The lowest BCUT2D eigenvalue weighted by molar-refractivity contribution is -0.113. The zero-order chi connectivity index (χ0) is 22.5. The zero-order valence-corrected chi connectivity index (χ0v) is 19.8. The number of nitrogens with one attached hydrogen (secondary N) is 1. The molecule has 1 aliphatic carbocycles. The van der Waals surface area contributed by atoms with Crippen molar-refractivity contribution in [1.29, 1.82) is 5.26 Å². The Labute approximate surface area is 195 Å². The van der Waals surface area contributed by atoms with Crippen LogP contribution in [0.5, 0.6) is 0 Å². The van der Waals surface area contributed by atoms with Crippen LogP contribution < -0.4 is 5.32 Å². The van der Waals surface area contributed by atoms with E-state index in [1.807, 2.05) is 34.9 Å². The maximum atomic E-state index is 12.7. The Morgan fingerprint density at radius 1 is 1.38 bits per heavy atom. The summed E-state index contributed by atoms with van der Waals surface area (Å²) in [6, 6.07) is 12.1. The van der Waals surface area contributed by atoms with Crippen LogP contribution in [0.25, 0.3) is 11.4 Å². The number of hydrogen-bond acceptors (Lipinski definition) is 7. The van der Waals surface area contributed by atoms with Gasteiger partial charge in [-0.05, 0) is 30.7 Å². The van der Waals surface area contributed by atoms with Crippen molar-refractivity contribution in [2.75, 3.05) is 24.8 Å². The summed E-state index contributed by atoms with van der Waals surface area (Å²) in [6.07, 6.45) is 2.97. The number of carbonyl (C=O) groups excluding carboxylic acids is 1. The number of amides is 1. The number of aromatic nitrogens is 3. The second kappa shape index (κ2) is 10.3. The van der Waals surface area contributed by atoms with Gasteiger partial charge < -0.3 is 10.1 Å². The first-order valence-corrected chi connectivity index (χ1v) is 12.4. The van der Waals surface area contributed by atoms with Crippen molar-refractivity contribution in [3.05, 3.63) is 46.3 Å². The van der Waals surface area contributed by atoms with Crippen molar-refractivity contribution >= 4 is 34.0 Å². The van der Waals surface area contributed by atoms with Gasteiger partial charge in [-0.2, -0.15) is 5.26 Å². The number of fused-ring (bicyclic) bond motifs is 1. The fraction of sp³-hybridized carbons (Fsp3) is 0.391. The van der Waals surface area contributed by atoms with Crippen molar-refractivity contribution in [3.8, 4) is 17.5 Å². The van der Waals surface area contributed by atoms with Gasteiger partial charge in [0.05, 0.1) is 24.5 Å². The molecule has 2 aromatic heterocycles. The highest BCUT2D eigenvalue weighted by Crippen LogP contribution is 2.39. The van der Waals surface area contributed by atoms with Gasteiger partial charge >= 0.3 is 0 Å². The maximum Gasteiger partial charge on any atom is 0.235 e. The van der Waals surface area contributed by atoms with Crippen molar-refractivity contribution in [1.82, 2.24) is 14.8 Å². The Morgan fingerprint density at radius 3 is 2.94 bits per heavy atom. The summed E-state index contributed by atoms with van der Waals surface area (Å²) in [6.45, 7) is 3.33. The normalized spacial score (nSPS) is 15.2. The topological polar surface area (TPSA) is 92.8 Å². The molecule has 3 aromatic rings. The van der Waals surface area contributed by atoms with Gasteiger partial charge in [-0.25, -0.2) is 0 Å². The zero-order valence-electron chi connectivity index (χ0n) is 18.1. The van der Waals surface area contributed by atoms with E-state index in [-0.39, 0.29) is 11.7 Å². The number of carbonyl (C=O) groups is 1. The van der Waals surface area contributed by atoms with E-state index in [0.717, 1.165) is 36.2 Å². The van der Waals surface area contributed by atoms with Gasteiger partial charge in [0.15, 0.2) is 11.0 Å². The standard InChI is InChI=1S/C23H25N5O2S2/c1-15-8-9-17-18(13-24)22(32-19(17)12-15)25-20(29)14-31-23-27-26-21(28(23)10-11-30-2)16-6-4-3-5-7-16/h3-7,15H,8-12,14H2,1-2H3,(H,25,29)/t15-/m0/s1. The Bertz CT molecular complexity index is 1130. The number of anilines is 1. The molecule has 0 aliphatic heterocycles. The van der Waals surface area contributed by atoms with E-state index in [1.54, 1.807) is 18.4 Å². The second-order valence-electron chi connectivity index (χ2n) is 7.82. The van der Waals surface area contributed by atoms with Crippen molar-refractivity contribution in [2.24, 2.45) is 5.92 Å². The average molecular weight is 468 g/mol. The lowest BCUT2D eigenvalue weighted by Gasteiger charge is -2.17. The molecule has 0 spiro atoms. The van der Waals surface area contributed by atoms with Gasteiger partial charge in [0, 0.05) is 17.6 Å². The summed E-state index contributed by atoms with van der Waals surface area (Å²) in [7, 11) is 1.65. The van der Waals surface area contributed by atoms with Crippen LogP contribution in [0.2, 0.25) is 0 Å². The highest BCUT2D eigenvalue weighted by atomic mass is 32.2. The lowest BCUT2D eigenvalue weighted by atomic mass is 9.89. The van der Waals surface area contributed by atoms with Crippen LogP contribution in [0.15, 0.2) is 35.5 Å². The Morgan fingerprint density at radius 2 is 2.19 bits per heavy atom.